The molecule has 0 aromatic carbocycles. The van der Waals surface area contributed by atoms with Crippen LogP contribution in [-0.2, 0) is 128 Å². The average Bonchev–Trinajstić information content (AvgIpc) is 1.37. The van der Waals surface area contributed by atoms with Crippen molar-refractivity contribution in [3.63, 3.8) is 0 Å². The molecule has 0 bridgehead atoms. The summed E-state index contributed by atoms with van der Waals surface area (Å²) >= 11 is 0. The van der Waals surface area contributed by atoms with E-state index in [2.05, 4.69) is 78.9 Å². The summed E-state index contributed by atoms with van der Waals surface area (Å²) in [7, 11) is 0. The van der Waals surface area contributed by atoms with Crippen molar-refractivity contribution < 1.29 is 137 Å². The van der Waals surface area contributed by atoms with Crippen molar-refractivity contribution in [2.45, 2.75) is 229 Å². The van der Waals surface area contributed by atoms with E-state index in [1.165, 1.54) is 27.7 Å². The van der Waals surface area contributed by atoms with E-state index in [1.807, 2.05) is 12.4 Å². The molecule has 46 heteroatoms. The van der Waals surface area contributed by atoms with Gasteiger partial charge in [0.2, 0.25) is 29.9 Å². The third-order valence-corrected chi connectivity index (χ3v) is 18.5. The lowest BCUT2D eigenvalue weighted by Crippen LogP contribution is -2.64. The van der Waals surface area contributed by atoms with Crippen LogP contribution in [0.2, 0.25) is 0 Å². The van der Waals surface area contributed by atoms with Crippen molar-refractivity contribution in [2.24, 2.45) is 4.99 Å². The van der Waals surface area contributed by atoms with Crippen LogP contribution in [0.3, 0.4) is 0 Å². The molecule has 4 saturated heterocycles. The maximum absolute atomic E-state index is 11.9. The van der Waals surface area contributed by atoms with Gasteiger partial charge in [0.25, 0.3) is 0 Å². The Balaban J connectivity index is 0.873. The van der Waals surface area contributed by atoms with Crippen molar-refractivity contribution in [1.82, 2.24) is 85.7 Å². The average molecular weight is 1600 g/mol. The van der Waals surface area contributed by atoms with Crippen LogP contribution >= 0.6 is 0 Å². The molecule has 0 saturated carbocycles. The Bertz CT molecular complexity index is 3350. The van der Waals surface area contributed by atoms with Gasteiger partial charge in [0.1, 0.15) is 97.1 Å². The number of hydrogen-bond acceptors (Lipinski definition) is 38. The molecule has 8 rings (SSSR count). The van der Waals surface area contributed by atoms with E-state index in [0.717, 1.165) is 12.8 Å². The van der Waals surface area contributed by atoms with Crippen LogP contribution in [-0.4, -0.2) is 395 Å². The largest absolute Gasteiger partial charge is 0.394 e. The SMILES string of the molecule is CC(=O)/N=C1/[C@H](OCCOCCn2cc(CN(CCCCC(C)N(Cc3cn(CCOCCO[C@@H]4O[C@H](CO)[C@H](O)[C@H](O)[C@H]4NC(C)=O)nn3)Cc3cn(CCOCCO[C@@H]4O[C@H](CO)[C@H](O)[C@H](O)[C@H]4NC(C)=O)nn3)Cc3cn(CCOCCO[C@@H]4O[C@H](CO)[C@H](O)[C@H](O)[C@H]4NC(C)=O)nn3)nn2)O[C@H](CO)[C@H](O)[C@@H]1O. The Labute approximate surface area is 644 Å². The molecule has 632 valence electrons. The lowest BCUT2D eigenvalue weighted by molar-refractivity contribution is -0.272. The number of hydrogen-bond donors (Lipinski definition) is 15. The number of aromatic nitrogens is 12. The first-order valence-electron chi connectivity index (χ1n) is 37.1. The van der Waals surface area contributed by atoms with Gasteiger partial charge in [-0.05, 0) is 26.3 Å². The number of aliphatic hydroxyl groups excluding tert-OH is 12. The predicted molar refractivity (Wildman–Crippen MR) is 376 cm³/mol. The maximum Gasteiger partial charge on any atom is 0.242 e. The van der Waals surface area contributed by atoms with Crippen LogP contribution in [0, 0.1) is 0 Å². The third-order valence-electron chi connectivity index (χ3n) is 18.5. The van der Waals surface area contributed by atoms with Crippen LogP contribution in [0.1, 0.15) is 76.7 Å². The highest BCUT2D eigenvalue weighted by Gasteiger charge is 2.49. The number of rotatable bonds is 49. The highest BCUT2D eigenvalue weighted by atomic mass is 16.7. The molecule has 4 aromatic heterocycles. The van der Waals surface area contributed by atoms with E-state index in [-0.39, 0.29) is 91.0 Å². The lowest BCUT2D eigenvalue weighted by Gasteiger charge is -2.42. The Morgan fingerprint density at radius 1 is 0.446 bits per heavy atom. The van der Waals surface area contributed by atoms with E-state index < -0.39 is 167 Å². The van der Waals surface area contributed by atoms with Gasteiger partial charge >= 0.3 is 0 Å². The number of nitrogens with zero attached hydrogens (tertiary/aromatic N) is 15. The van der Waals surface area contributed by atoms with E-state index in [4.69, 9.17) is 56.8 Å². The number of amides is 4. The van der Waals surface area contributed by atoms with Gasteiger partial charge in [-0.25, -0.2) is 23.7 Å². The minimum absolute atomic E-state index is 0.0208. The molecule has 1 unspecified atom stereocenters. The minimum atomic E-state index is -1.60. The number of nitrogens with one attached hydrogen (secondary N) is 3. The molecule has 4 amide bonds. The summed E-state index contributed by atoms with van der Waals surface area (Å²) in [5, 5.41) is 166. The van der Waals surface area contributed by atoms with Crippen molar-refractivity contribution >= 4 is 29.3 Å². The zero-order chi connectivity index (χ0) is 80.8. The second kappa shape index (κ2) is 46.7. The summed E-state index contributed by atoms with van der Waals surface area (Å²) in [6, 6.07) is -3.38. The van der Waals surface area contributed by atoms with Crippen molar-refractivity contribution in [1.29, 1.82) is 0 Å². The van der Waals surface area contributed by atoms with Gasteiger partial charge in [0.05, 0.1) is 155 Å². The van der Waals surface area contributed by atoms with Crippen LogP contribution in [0.4, 0.5) is 0 Å². The summed E-state index contributed by atoms with van der Waals surface area (Å²) in [4.78, 5) is 55.6. The Morgan fingerprint density at radius 2 is 0.777 bits per heavy atom. The van der Waals surface area contributed by atoms with Gasteiger partial charge in [-0.3, -0.25) is 29.0 Å². The fraction of sp³-hybridized carbons (Fsp3) is 0.803. The fourth-order valence-corrected chi connectivity index (χ4v) is 12.7. The molecule has 0 radical (unpaired) electrons. The summed E-state index contributed by atoms with van der Waals surface area (Å²) in [6.07, 6.45) is -12.0. The summed E-state index contributed by atoms with van der Waals surface area (Å²) in [5.41, 5.74) is 2.36. The van der Waals surface area contributed by atoms with Gasteiger partial charge in [0, 0.05) is 84.7 Å². The van der Waals surface area contributed by atoms with Crippen molar-refractivity contribution in [2.75, 3.05) is 112 Å². The van der Waals surface area contributed by atoms with Gasteiger partial charge < -0.3 is 134 Å². The number of carbonyl (C=O) groups is 4. The smallest absolute Gasteiger partial charge is 0.242 e. The van der Waals surface area contributed by atoms with Crippen molar-refractivity contribution in [3.8, 4) is 0 Å². The number of aliphatic imine (C=N–C) groups is 1. The number of ether oxygens (including phenoxy) is 12. The van der Waals surface area contributed by atoms with Gasteiger partial charge in [-0.1, -0.05) is 27.3 Å². The Morgan fingerprint density at radius 3 is 1.11 bits per heavy atom. The first-order chi connectivity index (χ1) is 53.9. The molecule has 4 aliphatic heterocycles. The fourth-order valence-electron chi connectivity index (χ4n) is 12.7. The Kier molecular flexibility index (Phi) is 37.9. The first-order valence-corrected chi connectivity index (χ1v) is 37.1. The van der Waals surface area contributed by atoms with Crippen LogP contribution in [0.15, 0.2) is 29.8 Å². The highest BCUT2D eigenvalue weighted by molar-refractivity contribution is 6.00. The quantitative estimate of drug-likeness (QED) is 0.0183. The van der Waals surface area contributed by atoms with E-state index >= 15 is 0 Å². The molecule has 112 heavy (non-hydrogen) atoms. The normalized spacial score (nSPS) is 28.3. The third kappa shape index (κ3) is 28.0. The predicted octanol–water partition coefficient (Wildman–Crippen LogP) is -9.29. The summed E-state index contributed by atoms with van der Waals surface area (Å²) < 4.78 is 75.3. The van der Waals surface area contributed by atoms with E-state index in [0.29, 0.717) is 88.1 Å². The summed E-state index contributed by atoms with van der Waals surface area (Å²) in [6.45, 7) is 8.78. The molecule has 0 spiro atoms. The number of unbranched alkanes of at least 4 members (excludes halogenated alkanes) is 1. The molecular formula is C66H110N18O28. The van der Waals surface area contributed by atoms with Gasteiger partial charge in [-0.2, -0.15) is 0 Å². The molecule has 0 aliphatic carbocycles. The molecule has 15 N–H and O–H groups in total. The molecule has 4 fully saturated rings. The van der Waals surface area contributed by atoms with Crippen LogP contribution < -0.4 is 16.0 Å². The molecule has 4 aliphatic rings. The molecular weight excluding hydrogens is 1490 g/mol. The minimum Gasteiger partial charge on any atom is -0.394 e. The topological polar surface area (TPSA) is 600 Å². The first kappa shape index (κ1) is 90.8. The van der Waals surface area contributed by atoms with Gasteiger partial charge in [-0.15, -0.1) is 20.4 Å². The number of carbonyl (C=O) groups excluding carboxylic acids is 4. The molecule has 46 nitrogen and oxygen atoms in total. The zero-order valence-electron chi connectivity index (χ0n) is 63.3. The van der Waals surface area contributed by atoms with Crippen molar-refractivity contribution in [3.05, 3.63) is 47.6 Å². The highest BCUT2D eigenvalue weighted by Crippen LogP contribution is 2.27. The molecule has 8 heterocycles. The second-order valence-electron chi connectivity index (χ2n) is 27.3. The van der Waals surface area contributed by atoms with E-state index in [1.54, 1.807) is 31.1 Å². The molecule has 4 aromatic rings. The monoisotopic (exact) mass is 1600 g/mol. The maximum atomic E-state index is 11.9. The molecule has 20 atom stereocenters. The second-order valence-corrected chi connectivity index (χ2v) is 27.3. The zero-order valence-corrected chi connectivity index (χ0v) is 63.3. The summed E-state index contributed by atoms with van der Waals surface area (Å²) in [5.74, 6) is -2.10. The Hall–Kier alpha value is -6.73. The van der Waals surface area contributed by atoms with Crippen LogP contribution in [0.25, 0.3) is 0 Å². The van der Waals surface area contributed by atoms with E-state index in [9.17, 15) is 80.5 Å². The van der Waals surface area contributed by atoms with Gasteiger partial charge in [0.15, 0.2) is 18.9 Å². The standard InChI is InChI=1S/C66H110N18O28/c1-38(80(28-45-32-83(77-73-45)12-16-103-20-24-107-65-53(69-41(4)91)61(99)57(95)49(36-87)111-65)29-46-33-84(78-74-46)13-17-104-21-25-108-66-54(70-42(5)92)62(100)58(96)50(37-88)112-66)8-6-7-9-79(26-43-30-81(75-71-43)10-14-101-18-22-105-63-51(67-39(2)89)59(97)55(93)47(34-85)109-63)27-44-31-82(76-72-44)11-15-102-19-23-106-64-52(68-40(3)90)60(98)56(94)48(35-86)110-64/h30-33,38,47-51,53-66,85-88,93-100H,6-29,34-37H2,1-5H3,(H,67,89)(H,69,91)(H,70,92)/b68-52+/t38?,47-,48-,49-,50-,51-,53-,54-,55+,56+,57+,58+,59-,60-,61-,62-,63-,64-,65-,66-/m1/s1. The lowest BCUT2D eigenvalue weighted by atomic mass is 9.97. The number of aliphatic hydroxyl groups is 12. The van der Waals surface area contributed by atoms with Crippen LogP contribution in [0.5, 0.6) is 0 Å².